The van der Waals surface area contributed by atoms with Gasteiger partial charge in [0.25, 0.3) is 0 Å². The summed E-state index contributed by atoms with van der Waals surface area (Å²) in [6.45, 7) is 2.71. The maximum Gasteiger partial charge on any atom is 0.241 e. The molecule has 1 heterocycles. The lowest BCUT2D eigenvalue weighted by Crippen LogP contribution is -2.23. The number of aromatic nitrogens is 1. The number of rotatable bonds is 9. The highest BCUT2D eigenvalue weighted by Crippen LogP contribution is 2.26. The standard InChI is InChI=1S/C21H22N2O4S2/c1-2-12-27-18-10-8-17(9-11-18)19-13-28-21(22-19)23-20(24)15-29(25,26)14-16-6-4-3-5-7-16/h3-11,13H,2,12,14-15H2,1H3,(H,22,23,24). The van der Waals surface area contributed by atoms with Gasteiger partial charge in [-0.2, -0.15) is 0 Å². The number of carbonyl (C=O) groups excluding carboxylic acids is 1. The smallest absolute Gasteiger partial charge is 0.241 e. The average molecular weight is 431 g/mol. The summed E-state index contributed by atoms with van der Waals surface area (Å²) in [5.41, 5.74) is 2.25. The first kappa shape index (κ1) is 21.0. The number of benzene rings is 2. The van der Waals surface area contributed by atoms with Gasteiger partial charge in [-0.15, -0.1) is 11.3 Å². The van der Waals surface area contributed by atoms with Crippen molar-refractivity contribution in [2.75, 3.05) is 17.7 Å². The lowest BCUT2D eigenvalue weighted by molar-refractivity contribution is -0.113. The molecule has 1 amide bonds. The SMILES string of the molecule is CCCOc1ccc(-c2csc(NC(=O)CS(=O)(=O)Cc3ccccc3)n2)cc1. The van der Waals surface area contributed by atoms with E-state index in [2.05, 4.69) is 10.3 Å². The summed E-state index contributed by atoms with van der Waals surface area (Å²) < 4.78 is 30.1. The van der Waals surface area contributed by atoms with Crippen LogP contribution in [0.5, 0.6) is 5.75 Å². The van der Waals surface area contributed by atoms with Crippen molar-refractivity contribution in [3.63, 3.8) is 0 Å². The Morgan fingerprint density at radius 1 is 1.10 bits per heavy atom. The molecule has 0 aliphatic rings. The van der Waals surface area contributed by atoms with Crippen LogP contribution in [0, 0.1) is 0 Å². The van der Waals surface area contributed by atoms with Gasteiger partial charge in [0.1, 0.15) is 11.5 Å². The summed E-state index contributed by atoms with van der Waals surface area (Å²) in [5, 5.41) is 4.76. The first-order valence-corrected chi connectivity index (χ1v) is 11.9. The van der Waals surface area contributed by atoms with Gasteiger partial charge in [-0.1, -0.05) is 37.3 Å². The average Bonchev–Trinajstić information content (AvgIpc) is 3.15. The molecule has 6 nitrogen and oxygen atoms in total. The predicted octanol–water partition coefficient (Wildman–Crippen LogP) is 4.15. The maximum atomic E-state index is 12.2. The van der Waals surface area contributed by atoms with E-state index in [1.165, 1.54) is 11.3 Å². The molecule has 0 unspecified atom stereocenters. The third-order valence-electron chi connectivity index (χ3n) is 3.95. The van der Waals surface area contributed by atoms with E-state index in [1.54, 1.807) is 24.3 Å². The summed E-state index contributed by atoms with van der Waals surface area (Å²) in [4.78, 5) is 16.5. The fourth-order valence-corrected chi connectivity index (χ4v) is 4.65. The monoisotopic (exact) mass is 430 g/mol. The second-order valence-corrected chi connectivity index (χ2v) is 9.40. The van der Waals surface area contributed by atoms with E-state index in [1.807, 2.05) is 42.6 Å². The van der Waals surface area contributed by atoms with Gasteiger partial charge in [0, 0.05) is 10.9 Å². The zero-order valence-electron chi connectivity index (χ0n) is 16.0. The summed E-state index contributed by atoms with van der Waals surface area (Å²) in [5.74, 6) is -0.551. The van der Waals surface area contributed by atoms with Crippen LogP contribution < -0.4 is 10.1 Å². The van der Waals surface area contributed by atoms with E-state index in [0.717, 1.165) is 17.7 Å². The molecule has 3 rings (SSSR count). The van der Waals surface area contributed by atoms with Gasteiger partial charge >= 0.3 is 0 Å². The van der Waals surface area contributed by atoms with Gasteiger partial charge < -0.3 is 10.1 Å². The second kappa shape index (κ2) is 9.67. The minimum absolute atomic E-state index is 0.170. The van der Waals surface area contributed by atoms with Crippen molar-refractivity contribution in [1.29, 1.82) is 0 Å². The highest BCUT2D eigenvalue weighted by molar-refractivity contribution is 7.91. The van der Waals surface area contributed by atoms with E-state index in [0.29, 0.717) is 23.0 Å². The van der Waals surface area contributed by atoms with Crippen LogP contribution in [-0.4, -0.2) is 31.7 Å². The Hall–Kier alpha value is -2.71. The maximum absolute atomic E-state index is 12.2. The molecule has 29 heavy (non-hydrogen) atoms. The first-order chi connectivity index (χ1) is 13.9. The van der Waals surface area contributed by atoms with Crippen LogP contribution in [-0.2, 0) is 20.4 Å². The van der Waals surface area contributed by atoms with Crippen molar-refractivity contribution >= 4 is 32.2 Å². The highest BCUT2D eigenvalue weighted by atomic mass is 32.2. The number of carbonyl (C=O) groups is 1. The summed E-state index contributed by atoms with van der Waals surface area (Å²) >= 11 is 1.25. The number of nitrogens with one attached hydrogen (secondary N) is 1. The number of amides is 1. The van der Waals surface area contributed by atoms with Crippen molar-refractivity contribution in [2.24, 2.45) is 0 Å². The molecule has 0 atom stereocenters. The lowest BCUT2D eigenvalue weighted by Gasteiger charge is -2.05. The number of hydrogen-bond acceptors (Lipinski definition) is 6. The third-order valence-corrected chi connectivity index (χ3v) is 6.19. The number of nitrogens with zero attached hydrogens (tertiary/aromatic N) is 1. The minimum Gasteiger partial charge on any atom is -0.494 e. The van der Waals surface area contributed by atoms with Crippen LogP contribution in [0.25, 0.3) is 11.3 Å². The van der Waals surface area contributed by atoms with Crippen molar-refractivity contribution in [2.45, 2.75) is 19.1 Å². The van der Waals surface area contributed by atoms with Crippen LogP contribution in [0.3, 0.4) is 0 Å². The molecule has 0 fully saturated rings. The fourth-order valence-electron chi connectivity index (χ4n) is 2.64. The molecule has 0 aliphatic carbocycles. The van der Waals surface area contributed by atoms with Crippen LogP contribution in [0.4, 0.5) is 5.13 Å². The van der Waals surface area contributed by atoms with E-state index in [9.17, 15) is 13.2 Å². The quantitative estimate of drug-likeness (QED) is 0.551. The Balaban J connectivity index is 1.58. The molecule has 1 aromatic heterocycles. The normalized spacial score (nSPS) is 11.2. The summed E-state index contributed by atoms with van der Waals surface area (Å²) in [7, 11) is -3.56. The number of thiazole rings is 1. The molecule has 3 aromatic rings. The predicted molar refractivity (Wildman–Crippen MR) is 116 cm³/mol. The molecular formula is C21H22N2O4S2. The van der Waals surface area contributed by atoms with Crippen LogP contribution in [0.2, 0.25) is 0 Å². The number of anilines is 1. The Morgan fingerprint density at radius 3 is 2.52 bits per heavy atom. The molecule has 1 N–H and O–H groups in total. The lowest BCUT2D eigenvalue weighted by atomic mass is 10.2. The van der Waals surface area contributed by atoms with Crippen molar-refractivity contribution in [3.05, 3.63) is 65.5 Å². The topological polar surface area (TPSA) is 85.4 Å². The molecular weight excluding hydrogens is 408 g/mol. The molecule has 2 aromatic carbocycles. The van der Waals surface area contributed by atoms with E-state index >= 15 is 0 Å². The molecule has 0 radical (unpaired) electrons. The second-order valence-electron chi connectivity index (χ2n) is 6.48. The Morgan fingerprint density at radius 2 is 1.83 bits per heavy atom. The van der Waals surface area contributed by atoms with Crippen molar-refractivity contribution < 1.29 is 17.9 Å². The van der Waals surface area contributed by atoms with E-state index in [-0.39, 0.29) is 5.75 Å². The number of ether oxygens (including phenoxy) is 1. The van der Waals surface area contributed by atoms with Crippen molar-refractivity contribution in [1.82, 2.24) is 4.98 Å². The summed E-state index contributed by atoms with van der Waals surface area (Å²) in [6, 6.07) is 16.3. The van der Waals surface area contributed by atoms with Gasteiger partial charge in [-0.05, 0) is 36.2 Å². The van der Waals surface area contributed by atoms with Gasteiger partial charge in [0.15, 0.2) is 15.0 Å². The molecule has 0 spiro atoms. The molecule has 0 aliphatic heterocycles. The molecule has 152 valence electrons. The number of hydrogen-bond donors (Lipinski definition) is 1. The zero-order chi connectivity index (χ0) is 20.7. The van der Waals surface area contributed by atoms with Crippen LogP contribution in [0.15, 0.2) is 60.0 Å². The Bertz CT molecular complexity index is 1050. The van der Waals surface area contributed by atoms with Gasteiger partial charge in [-0.25, -0.2) is 13.4 Å². The molecule has 0 saturated heterocycles. The van der Waals surface area contributed by atoms with E-state index < -0.39 is 21.5 Å². The Kier molecular flexibility index (Phi) is 7.00. The van der Waals surface area contributed by atoms with Gasteiger partial charge in [0.2, 0.25) is 5.91 Å². The Labute approximate surface area is 174 Å². The van der Waals surface area contributed by atoms with Gasteiger partial charge in [0.05, 0.1) is 18.1 Å². The molecule has 0 saturated carbocycles. The van der Waals surface area contributed by atoms with Crippen molar-refractivity contribution in [3.8, 4) is 17.0 Å². The summed E-state index contributed by atoms with van der Waals surface area (Å²) in [6.07, 6.45) is 0.942. The molecule has 0 bridgehead atoms. The van der Waals surface area contributed by atoms with E-state index in [4.69, 9.17) is 4.74 Å². The zero-order valence-corrected chi connectivity index (χ0v) is 17.6. The highest BCUT2D eigenvalue weighted by Gasteiger charge is 2.18. The fraction of sp³-hybridized carbons (Fsp3) is 0.238. The van der Waals surface area contributed by atoms with Gasteiger partial charge in [-0.3, -0.25) is 4.79 Å². The minimum atomic E-state index is -3.56. The number of sulfone groups is 1. The largest absolute Gasteiger partial charge is 0.494 e. The van der Waals surface area contributed by atoms with Crippen LogP contribution in [0.1, 0.15) is 18.9 Å². The first-order valence-electron chi connectivity index (χ1n) is 9.18. The third kappa shape index (κ3) is 6.40. The molecule has 8 heteroatoms. The van der Waals surface area contributed by atoms with Crippen LogP contribution >= 0.6 is 11.3 Å².